The summed E-state index contributed by atoms with van der Waals surface area (Å²) in [5.74, 6) is -1.25. The predicted octanol–water partition coefficient (Wildman–Crippen LogP) is 0.684. The van der Waals surface area contributed by atoms with E-state index in [4.69, 9.17) is 4.74 Å². The number of hydrogen-bond donors (Lipinski definition) is 1. The zero-order valence-corrected chi connectivity index (χ0v) is 12.4. The molecule has 8 nitrogen and oxygen atoms in total. The molecule has 0 radical (unpaired) electrons. The van der Waals surface area contributed by atoms with Crippen LogP contribution >= 0.6 is 0 Å². The molecule has 0 aromatic carbocycles. The fraction of sp³-hybridized carbons (Fsp3) is 0.357. The second-order valence-corrected chi connectivity index (χ2v) is 4.33. The topological polar surface area (TPSA) is 107 Å². The highest BCUT2D eigenvalue weighted by Crippen LogP contribution is 2.00. The van der Waals surface area contributed by atoms with E-state index >= 15 is 0 Å². The van der Waals surface area contributed by atoms with E-state index < -0.39 is 11.9 Å². The number of ether oxygens (including phenoxy) is 2. The molecule has 1 heterocycles. The highest BCUT2D eigenvalue weighted by atomic mass is 16.7. The minimum Gasteiger partial charge on any atom is -0.438 e. The van der Waals surface area contributed by atoms with Crippen molar-refractivity contribution in [1.82, 2.24) is 10.4 Å². The lowest BCUT2D eigenvalue weighted by molar-refractivity contribution is -0.152. The number of carbonyl (C=O) groups excluding carboxylic acids is 3. The molecule has 0 bridgehead atoms. The van der Waals surface area contributed by atoms with Gasteiger partial charge in [-0.25, -0.2) is 5.43 Å². The maximum Gasteiger partial charge on any atom is 0.313 e. The summed E-state index contributed by atoms with van der Waals surface area (Å²) >= 11 is 0. The summed E-state index contributed by atoms with van der Waals surface area (Å²) in [5.41, 5.74) is 2.86. The quantitative estimate of drug-likeness (QED) is 0.327. The molecule has 1 N–H and O–H groups in total. The van der Waals surface area contributed by atoms with Gasteiger partial charge in [-0.2, -0.15) is 5.10 Å². The van der Waals surface area contributed by atoms with Gasteiger partial charge in [-0.1, -0.05) is 0 Å². The molecule has 0 fully saturated rings. The Kier molecular flexibility index (Phi) is 7.41. The molecule has 1 rings (SSSR count). The van der Waals surface area contributed by atoms with Crippen molar-refractivity contribution >= 4 is 23.4 Å². The van der Waals surface area contributed by atoms with Gasteiger partial charge in [0.1, 0.15) is 5.78 Å². The van der Waals surface area contributed by atoms with Crippen LogP contribution in [0.1, 0.15) is 30.1 Å². The molecular formula is C14H17N3O5. The Morgan fingerprint density at radius 2 is 1.91 bits per heavy atom. The summed E-state index contributed by atoms with van der Waals surface area (Å²) in [7, 11) is 1.38. The van der Waals surface area contributed by atoms with Gasteiger partial charge in [0, 0.05) is 31.5 Å². The number of ketones is 1. The SMILES string of the molecule is COCOC(=O)CC(CC(C)=O)=NNC(=O)c1ccncc1. The third kappa shape index (κ3) is 6.71. The van der Waals surface area contributed by atoms with Crippen LogP contribution in [-0.4, -0.2) is 42.3 Å². The number of amides is 1. The third-order valence-corrected chi connectivity index (χ3v) is 2.40. The molecule has 0 atom stereocenters. The van der Waals surface area contributed by atoms with E-state index in [-0.39, 0.29) is 31.1 Å². The number of esters is 1. The van der Waals surface area contributed by atoms with Gasteiger partial charge in [-0.3, -0.25) is 19.4 Å². The van der Waals surface area contributed by atoms with Crippen molar-refractivity contribution in [2.45, 2.75) is 19.8 Å². The molecule has 0 saturated heterocycles. The summed E-state index contributed by atoms with van der Waals surface area (Å²) in [6, 6.07) is 3.03. The second kappa shape index (κ2) is 9.35. The number of nitrogens with zero attached hydrogens (tertiary/aromatic N) is 2. The number of pyridine rings is 1. The molecule has 0 aliphatic heterocycles. The summed E-state index contributed by atoms with van der Waals surface area (Å²) in [6.07, 6.45) is 2.67. The van der Waals surface area contributed by atoms with Gasteiger partial charge in [0.25, 0.3) is 5.91 Å². The minimum absolute atomic E-state index is 0.0568. The smallest absolute Gasteiger partial charge is 0.313 e. The first-order chi connectivity index (χ1) is 10.5. The Hall–Kier alpha value is -2.61. The molecule has 1 aromatic heterocycles. The maximum atomic E-state index is 11.8. The van der Waals surface area contributed by atoms with Crippen LogP contribution in [0.25, 0.3) is 0 Å². The average molecular weight is 307 g/mol. The summed E-state index contributed by atoms with van der Waals surface area (Å²) < 4.78 is 9.33. The van der Waals surface area contributed by atoms with Crippen LogP contribution in [0.2, 0.25) is 0 Å². The van der Waals surface area contributed by atoms with Crippen molar-refractivity contribution in [3.05, 3.63) is 30.1 Å². The van der Waals surface area contributed by atoms with E-state index in [0.717, 1.165) is 0 Å². The van der Waals surface area contributed by atoms with Crippen LogP contribution in [0.4, 0.5) is 0 Å². The van der Waals surface area contributed by atoms with Gasteiger partial charge in [-0.15, -0.1) is 0 Å². The van der Waals surface area contributed by atoms with E-state index in [2.05, 4.69) is 20.2 Å². The van der Waals surface area contributed by atoms with Gasteiger partial charge in [0.15, 0.2) is 6.79 Å². The Morgan fingerprint density at radius 3 is 2.50 bits per heavy atom. The van der Waals surface area contributed by atoms with Crippen LogP contribution in [0.5, 0.6) is 0 Å². The number of carbonyl (C=O) groups is 3. The van der Waals surface area contributed by atoms with Crippen LogP contribution in [-0.2, 0) is 19.1 Å². The lowest BCUT2D eigenvalue weighted by atomic mass is 10.1. The Bertz CT molecular complexity index is 557. The number of hydrogen-bond acceptors (Lipinski definition) is 7. The van der Waals surface area contributed by atoms with Gasteiger partial charge in [0.05, 0.1) is 12.1 Å². The van der Waals surface area contributed by atoms with Crippen LogP contribution in [0, 0.1) is 0 Å². The molecule has 118 valence electrons. The lowest BCUT2D eigenvalue weighted by Crippen LogP contribution is -2.22. The molecule has 8 heteroatoms. The highest BCUT2D eigenvalue weighted by Gasteiger charge is 2.12. The van der Waals surface area contributed by atoms with Crippen molar-refractivity contribution in [1.29, 1.82) is 0 Å². The monoisotopic (exact) mass is 307 g/mol. The number of Topliss-reactive ketones (excluding diaryl/α,β-unsaturated/α-hetero) is 1. The number of hydrazone groups is 1. The summed E-state index contributed by atoms with van der Waals surface area (Å²) in [6.45, 7) is 1.18. The molecule has 0 aliphatic carbocycles. The van der Waals surface area contributed by atoms with E-state index in [9.17, 15) is 14.4 Å². The van der Waals surface area contributed by atoms with Crippen molar-refractivity contribution < 1.29 is 23.9 Å². The van der Waals surface area contributed by atoms with Gasteiger partial charge < -0.3 is 9.47 Å². The fourth-order valence-electron chi connectivity index (χ4n) is 1.47. The second-order valence-electron chi connectivity index (χ2n) is 4.33. The molecule has 0 unspecified atom stereocenters. The zero-order valence-electron chi connectivity index (χ0n) is 12.4. The van der Waals surface area contributed by atoms with E-state index in [0.29, 0.717) is 5.56 Å². The van der Waals surface area contributed by atoms with E-state index in [1.807, 2.05) is 0 Å². The van der Waals surface area contributed by atoms with E-state index in [1.54, 1.807) is 0 Å². The Morgan fingerprint density at radius 1 is 1.23 bits per heavy atom. The number of nitrogens with one attached hydrogen (secondary N) is 1. The summed E-state index contributed by atoms with van der Waals surface area (Å²) in [4.78, 5) is 38.3. The van der Waals surface area contributed by atoms with Crippen molar-refractivity contribution in [2.75, 3.05) is 13.9 Å². The fourth-order valence-corrected chi connectivity index (χ4v) is 1.47. The Balaban J connectivity index is 2.68. The van der Waals surface area contributed by atoms with Crippen LogP contribution < -0.4 is 5.43 Å². The first-order valence-corrected chi connectivity index (χ1v) is 6.42. The minimum atomic E-state index is -0.597. The van der Waals surface area contributed by atoms with E-state index in [1.165, 1.54) is 38.6 Å². The molecule has 1 amide bonds. The zero-order chi connectivity index (χ0) is 16.4. The maximum absolute atomic E-state index is 11.8. The Labute approximate surface area is 127 Å². The third-order valence-electron chi connectivity index (χ3n) is 2.40. The van der Waals surface area contributed by atoms with Gasteiger partial charge in [0.2, 0.25) is 0 Å². The molecular weight excluding hydrogens is 290 g/mol. The van der Waals surface area contributed by atoms with Crippen LogP contribution in [0.15, 0.2) is 29.6 Å². The molecule has 0 saturated carbocycles. The highest BCUT2D eigenvalue weighted by molar-refractivity contribution is 6.08. The van der Waals surface area contributed by atoms with Crippen molar-refractivity contribution in [2.24, 2.45) is 5.10 Å². The number of rotatable bonds is 8. The molecule has 1 aromatic rings. The normalized spacial score (nSPS) is 10.9. The first kappa shape index (κ1) is 17.4. The number of methoxy groups -OCH3 is 1. The van der Waals surface area contributed by atoms with Gasteiger partial charge >= 0.3 is 5.97 Å². The summed E-state index contributed by atoms with van der Waals surface area (Å²) in [5, 5.41) is 3.82. The molecule has 0 spiro atoms. The molecule has 22 heavy (non-hydrogen) atoms. The van der Waals surface area contributed by atoms with Crippen molar-refractivity contribution in [3.63, 3.8) is 0 Å². The van der Waals surface area contributed by atoms with Crippen molar-refractivity contribution in [3.8, 4) is 0 Å². The largest absolute Gasteiger partial charge is 0.438 e. The van der Waals surface area contributed by atoms with Crippen LogP contribution in [0.3, 0.4) is 0 Å². The average Bonchev–Trinajstić information content (AvgIpc) is 2.50. The first-order valence-electron chi connectivity index (χ1n) is 6.42. The number of aromatic nitrogens is 1. The van der Waals surface area contributed by atoms with Gasteiger partial charge in [-0.05, 0) is 19.1 Å². The lowest BCUT2D eigenvalue weighted by Gasteiger charge is -2.06. The predicted molar refractivity (Wildman–Crippen MR) is 77.0 cm³/mol. The molecule has 0 aliphatic rings. The standard InChI is InChI=1S/C14H17N3O5/c1-10(18)7-12(8-13(19)22-9-21-2)16-17-14(20)11-3-5-15-6-4-11/h3-6H,7-9H2,1-2H3,(H,17,20).